The Balaban J connectivity index is 0.00000264. The van der Waals surface area contributed by atoms with Crippen LogP contribution in [0.2, 0.25) is 0 Å². The smallest absolute Gasteiger partial charge is 0.239 e. The van der Waals surface area contributed by atoms with Crippen LogP contribution in [0.1, 0.15) is 32.6 Å². The van der Waals surface area contributed by atoms with Crippen molar-refractivity contribution in [3.05, 3.63) is 30.3 Å². The molecule has 0 aromatic heterocycles. The van der Waals surface area contributed by atoms with Crippen molar-refractivity contribution < 1.29 is 9.59 Å². The highest BCUT2D eigenvalue weighted by atomic mass is 35.5. The number of carbonyl (C=O) groups excluding carboxylic acids is 2. The first-order valence-corrected chi connectivity index (χ1v) is 8.02. The Morgan fingerprint density at radius 1 is 1.26 bits per heavy atom. The molecule has 0 radical (unpaired) electrons. The van der Waals surface area contributed by atoms with Crippen LogP contribution in [0, 0.1) is 5.92 Å². The maximum atomic E-state index is 12.2. The van der Waals surface area contributed by atoms with Gasteiger partial charge in [0, 0.05) is 24.7 Å². The predicted molar refractivity (Wildman–Crippen MR) is 94.5 cm³/mol. The molecule has 1 saturated heterocycles. The average Bonchev–Trinajstić information content (AvgIpc) is 2.55. The van der Waals surface area contributed by atoms with E-state index in [-0.39, 0.29) is 30.1 Å². The highest BCUT2D eigenvalue weighted by molar-refractivity contribution is 5.92. The van der Waals surface area contributed by atoms with Crippen LogP contribution in [0.25, 0.3) is 0 Å². The molecule has 0 aliphatic carbocycles. The lowest BCUT2D eigenvalue weighted by Crippen LogP contribution is -2.48. The second-order valence-electron chi connectivity index (χ2n) is 5.85. The average molecular weight is 340 g/mol. The summed E-state index contributed by atoms with van der Waals surface area (Å²) in [5.74, 6) is 0.0200. The normalized spacial score (nSPS) is 16.3. The van der Waals surface area contributed by atoms with Gasteiger partial charge in [-0.25, -0.2) is 0 Å². The van der Waals surface area contributed by atoms with E-state index in [2.05, 4.69) is 5.32 Å². The highest BCUT2D eigenvalue weighted by Crippen LogP contribution is 2.20. The molecule has 1 aliphatic rings. The van der Waals surface area contributed by atoms with Crippen LogP contribution < -0.4 is 11.1 Å². The van der Waals surface area contributed by atoms with Gasteiger partial charge in [0.25, 0.3) is 0 Å². The number of para-hydroxylation sites is 1. The molecule has 1 heterocycles. The minimum absolute atomic E-state index is 0. The summed E-state index contributed by atoms with van der Waals surface area (Å²) in [6, 6.07) is 9.05. The molecule has 3 N–H and O–H groups in total. The molecule has 5 nitrogen and oxygen atoms in total. The summed E-state index contributed by atoms with van der Waals surface area (Å²) in [6.45, 7) is 3.25. The zero-order valence-corrected chi connectivity index (χ0v) is 14.3. The molecule has 1 atom stereocenters. The fraction of sp³-hybridized carbons (Fsp3) is 0.529. The summed E-state index contributed by atoms with van der Waals surface area (Å²) >= 11 is 0. The van der Waals surface area contributed by atoms with Crippen molar-refractivity contribution in [2.45, 2.75) is 38.6 Å². The van der Waals surface area contributed by atoms with Crippen molar-refractivity contribution in [3.63, 3.8) is 0 Å². The van der Waals surface area contributed by atoms with Gasteiger partial charge >= 0.3 is 0 Å². The van der Waals surface area contributed by atoms with Crippen molar-refractivity contribution in [2.75, 3.05) is 18.4 Å². The van der Waals surface area contributed by atoms with Crippen LogP contribution in [0.5, 0.6) is 0 Å². The number of likely N-dealkylation sites (tertiary alicyclic amines) is 1. The van der Waals surface area contributed by atoms with E-state index in [9.17, 15) is 9.59 Å². The largest absolute Gasteiger partial charge is 0.341 e. The van der Waals surface area contributed by atoms with Gasteiger partial charge < -0.3 is 16.0 Å². The second-order valence-corrected chi connectivity index (χ2v) is 5.85. The molecule has 1 unspecified atom stereocenters. The number of piperidine rings is 1. The van der Waals surface area contributed by atoms with E-state index in [0.29, 0.717) is 32.4 Å². The van der Waals surface area contributed by atoms with Crippen LogP contribution >= 0.6 is 12.4 Å². The van der Waals surface area contributed by atoms with Crippen molar-refractivity contribution in [3.8, 4) is 0 Å². The second kappa shape index (κ2) is 9.53. The highest BCUT2D eigenvalue weighted by Gasteiger charge is 2.29. The number of anilines is 1. The molecular weight excluding hydrogens is 314 g/mol. The number of nitrogens with one attached hydrogen (secondary N) is 1. The van der Waals surface area contributed by atoms with Crippen LogP contribution in [0.15, 0.2) is 30.3 Å². The van der Waals surface area contributed by atoms with E-state index in [0.717, 1.165) is 12.1 Å². The summed E-state index contributed by atoms with van der Waals surface area (Å²) in [4.78, 5) is 26.2. The number of benzene rings is 1. The number of hydrogen-bond donors (Lipinski definition) is 2. The van der Waals surface area contributed by atoms with Gasteiger partial charge in [0.05, 0.1) is 6.04 Å². The van der Waals surface area contributed by atoms with Gasteiger partial charge in [0.2, 0.25) is 11.8 Å². The van der Waals surface area contributed by atoms with Gasteiger partial charge in [-0.2, -0.15) is 0 Å². The SMILES string of the molecule is CCCC(N)C(=O)N1CCC(C(=O)Nc2ccccc2)CC1.Cl. The van der Waals surface area contributed by atoms with E-state index in [1.54, 1.807) is 4.90 Å². The minimum atomic E-state index is -0.403. The maximum absolute atomic E-state index is 12.2. The van der Waals surface area contributed by atoms with E-state index in [4.69, 9.17) is 5.73 Å². The first kappa shape index (κ1) is 19.5. The Kier molecular flexibility index (Phi) is 8.06. The summed E-state index contributed by atoms with van der Waals surface area (Å²) in [7, 11) is 0. The molecule has 0 spiro atoms. The van der Waals surface area contributed by atoms with Gasteiger partial charge in [-0.3, -0.25) is 9.59 Å². The number of nitrogens with two attached hydrogens (primary N) is 1. The molecular formula is C17H26ClN3O2. The van der Waals surface area contributed by atoms with Crippen molar-refractivity contribution >= 4 is 29.9 Å². The molecule has 0 bridgehead atoms. The van der Waals surface area contributed by atoms with Crippen molar-refractivity contribution in [2.24, 2.45) is 11.7 Å². The number of carbonyl (C=O) groups is 2. The molecule has 6 heteroatoms. The van der Waals surface area contributed by atoms with Gasteiger partial charge in [0.15, 0.2) is 0 Å². The number of rotatable bonds is 5. The molecule has 1 fully saturated rings. The monoisotopic (exact) mass is 339 g/mol. The molecule has 2 amide bonds. The third-order valence-electron chi connectivity index (χ3n) is 4.14. The van der Waals surface area contributed by atoms with E-state index in [1.165, 1.54) is 0 Å². The summed E-state index contributed by atoms with van der Waals surface area (Å²) in [5, 5.41) is 2.93. The van der Waals surface area contributed by atoms with Crippen molar-refractivity contribution in [1.82, 2.24) is 4.90 Å². The summed E-state index contributed by atoms with van der Waals surface area (Å²) in [6.07, 6.45) is 3.02. The molecule has 2 rings (SSSR count). The van der Waals surface area contributed by atoms with Gasteiger partial charge in [-0.1, -0.05) is 31.5 Å². The lowest BCUT2D eigenvalue weighted by atomic mass is 9.95. The first-order valence-electron chi connectivity index (χ1n) is 8.02. The Morgan fingerprint density at radius 2 is 1.87 bits per heavy atom. The third-order valence-corrected chi connectivity index (χ3v) is 4.14. The molecule has 1 aromatic carbocycles. The minimum Gasteiger partial charge on any atom is -0.341 e. The number of amides is 2. The predicted octanol–water partition coefficient (Wildman–Crippen LogP) is 2.41. The first-order chi connectivity index (χ1) is 10.6. The summed E-state index contributed by atoms with van der Waals surface area (Å²) in [5.41, 5.74) is 6.70. The third kappa shape index (κ3) is 5.52. The fourth-order valence-corrected chi connectivity index (χ4v) is 2.80. The van der Waals surface area contributed by atoms with Gasteiger partial charge in [0.1, 0.15) is 0 Å². The zero-order valence-electron chi connectivity index (χ0n) is 13.5. The fourth-order valence-electron chi connectivity index (χ4n) is 2.80. The Hall–Kier alpha value is -1.59. The lowest BCUT2D eigenvalue weighted by Gasteiger charge is -2.33. The lowest BCUT2D eigenvalue weighted by molar-refractivity contribution is -0.135. The molecule has 23 heavy (non-hydrogen) atoms. The number of hydrogen-bond acceptors (Lipinski definition) is 3. The van der Waals surface area contributed by atoms with Crippen LogP contribution in [0.4, 0.5) is 5.69 Å². The quantitative estimate of drug-likeness (QED) is 0.865. The topological polar surface area (TPSA) is 75.4 Å². The van der Waals surface area contributed by atoms with Crippen LogP contribution in [-0.4, -0.2) is 35.8 Å². The van der Waals surface area contributed by atoms with E-state index < -0.39 is 6.04 Å². The van der Waals surface area contributed by atoms with Crippen LogP contribution in [0.3, 0.4) is 0 Å². The van der Waals surface area contributed by atoms with Crippen LogP contribution in [-0.2, 0) is 9.59 Å². The Labute approximate surface area is 144 Å². The van der Waals surface area contributed by atoms with E-state index >= 15 is 0 Å². The number of halogens is 1. The zero-order chi connectivity index (χ0) is 15.9. The molecule has 1 aliphatic heterocycles. The molecule has 0 saturated carbocycles. The Morgan fingerprint density at radius 3 is 2.43 bits per heavy atom. The standard InChI is InChI=1S/C17H25N3O2.ClH/c1-2-6-15(18)17(22)20-11-9-13(10-12-20)16(21)19-14-7-4-3-5-8-14;/h3-5,7-8,13,15H,2,6,9-12,18H2,1H3,(H,19,21);1H. The Bertz CT molecular complexity index is 502. The van der Waals surface area contributed by atoms with Gasteiger partial charge in [-0.05, 0) is 31.4 Å². The summed E-state index contributed by atoms with van der Waals surface area (Å²) < 4.78 is 0. The molecule has 128 valence electrons. The van der Waals surface area contributed by atoms with Crippen molar-refractivity contribution in [1.29, 1.82) is 0 Å². The number of nitrogens with zero attached hydrogens (tertiary/aromatic N) is 1. The molecule has 1 aromatic rings. The maximum Gasteiger partial charge on any atom is 0.239 e. The van der Waals surface area contributed by atoms with E-state index in [1.807, 2.05) is 37.3 Å². The van der Waals surface area contributed by atoms with Gasteiger partial charge in [-0.15, -0.1) is 12.4 Å².